The first-order chi connectivity index (χ1) is 10.2. The maximum absolute atomic E-state index is 12.0. The van der Waals surface area contributed by atoms with Gasteiger partial charge in [0.25, 0.3) is 3.79 Å². The van der Waals surface area contributed by atoms with Gasteiger partial charge < -0.3 is 24.4 Å². The number of halogens is 3. The second-order valence-electron chi connectivity index (χ2n) is 6.26. The molecule has 0 unspecified atom stereocenters. The third kappa shape index (κ3) is 5.34. The lowest BCUT2D eigenvalue weighted by atomic mass is 9.96. The summed E-state index contributed by atoms with van der Waals surface area (Å²) in [5.41, 5.74) is -0.860. The average Bonchev–Trinajstić information content (AvgIpc) is 2.38. The van der Waals surface area contributed by atoms with Crippen molar-refractivity contribution in [1.29, 1.82) is 5.41 Å². The Bertz CT molecular complexity index is 462. The van der Waals surface area contributed by atoms with Gasteiger partial charge >= 0.3 is 5.97 Å². The monoisotopic (exact) mass is 391 g/mol. The fraction of sp³-hybridized carbons (Fsp3) is 0.846. The molecule has 0 aromatic rings. The van der Waals surface area contributed by atoms with E-state index in [9.17, 15) is 15.0 Å². The van der Waals surface area contributed by atoms with Crippen molar-refractivity contribution in [1.82, 2.24) is 0 Å². The minimum absolute atomic E-state index is 0.652. The largest absolute Gasteiger partial charge is 0.452 e. The lowest BCUT2D eigenvalue weighted by molar-refractivity contribution is -0.280. The maximum atomic E-state index is 12.0. The van der Waals surface area contributed by atoms with Gasteiger partial charge in [-0.1, -0.05) is 34.8 Å². The highest BCUT2D eigenvalue weighted by molar-refractivity contribution is 6.76. The summed E-state index contributed by atoms with van der Waals surface area (Å²) >= 11 is 16.6. The smallest absolute Gasteiger partial charge is 0.311 e. The zero-order valence-electron chi connectivity index (χ0n) is 13.0. The third-order valence-corrected chi connectivity index (χ3v) is 3.65. The molecule has 0 bridgehead atoms. The molecule has 0 aromatic carbocycles. The van der Waals surface area contributed by atoms with Gasteiger partial charge in [-0.15, -0.1) is 0 Å². The van der Waals surface area contributed by atoms with Crippen LogP contribution in [0.1, 0.15) is 27.7 Å². The van der Waals surface area contributed by atoms with Gasteiger partial charge in [-0.3, -0.25) is 10.2 Å². The molecule has 7 nitrogen and oxygen atoms in total. The Morgan fingerprint density at radius 3 is 2.09 bits per heavy atom. The third-order valence-electron chi connectivity index (χ3n) is 3.13. The van der Waals surface area contributed by atoms with Crippen molar-refractivity contribution in [3.05, 3.63) is 0 Å². The van der Waals surface area contributed by atoms with Crippen LogP contribution in [0.15, 0.2) is 0 Å². The van der Waals surface area contributed by atoms with E-state index in [1.165, 1.54) is 6.92 Å². The Morgan fingerprint density at radius 2 is 1.65 bits per heavy atom. The molecule has 23 heavy (non-hydrogen) atoms. The normalized spacial score (nSPS) is 32.3. The lowest BCUT2D eigenvalue weighted by Crippen LogP contribution is -2.60. The first-order valence-electron chi connectivity index (χ1n) is 6.80. The van der Waals surface area contributed by atoms with Crippen molar-refractivity contribution in [3.63, 3.8) is 0 Å². The second kappa shape index (κ2) is 7.29. The highest BCUT2D eigenvalue weighted by Gasteiger charge is 2.48. The van der Waals surface area contributed by atoms with Gasteiger partial charge in [-0.25, -0.2) is 0 Å². The van der Waals surface area contributed by atoms with E-state index in [0.29, 0.717) is 0 Å². The number of esters is 1. The van der Waals surface area contributed by atoms with Crippen LogP contribution in [0.3, 0.4) is 0 Å². The van der Waals surface area contributed by atoms with Crippen molar-refractivity contribution < 1.29 is 29.2 Å². The highest BCUT2D eigenvalue weighted by Crippen LogP contribution is 2.32. The number of hydrogen-bond donors (Lipinski definition) is 3. The van der Waals surface area contributed by atoms with Crippen LogP contribution in [-0.2, 0) is 19.0 Å². The molecular weight excluding hydrogens is 373 g/mol. The molecule has 0 spiro atoms. The summed E-state index contributed by atoms with van der Waals surface area (Å²) in [4.78, 5) is 12.0. The molecule has 1 fully saturated rings. The molecule has 1 aliphatic heterocycles. The number of carbonyl (C=O) groups is 1. The van der Waals surface area contributed by atoms with Crippen LogP contribution in [0.25, 0.3) is 0 Å². The molecule has 1 heterocycles. The van der Waals surface area contributed by atoms with Crippen molar-refractivity contribution in [2.75, 3.05) is 0 Å². The minimum Gasteiger partial charge on any atom is -0.452 e. The van der Waals surface area contributed by atoms with Gasteiger partial charge in [-0.2, -0.15) is 0 Å². The van der Waals surface area contributed by atoms with E-state index in [1.54, 1.807) is 20.8 Å². The van der Waals surface area contributed by atoms with Crippen LogP contribution in [0.4, 0.5) is 0 Å². The van der Waals surface area contributed by atoms with Gasteiger partial charge in [0.05, 0.1) is 11.5 Å². The molecule has 5 atom stereocenters. The molecule has 1 aliphatic rings. The second-order valence-corrected chi connectivity index (χ2v) is 8.54. The van der Waals surface area contributed by atoms with Gasteiger partial charge in [0.2, 0.25) is 12.2 Å². The fourth-order valence-corrected chi connectivity index (χ4v) is 1.84. The average molecular weight is 393 g/mol. The molecule has 0 aromatic heterocycles. The van der Waals surface area contributed by atoms with Gasteiger partial charge in [-0.05, 0) is 27.7 Å². The first-order valence-corrected chi connectivity index (χ1v) is 7.93. The van der Waals surface area contributed by atoms with Crippen LogP contribution in [0.5, 0.6) is 0 Å². The van der Waals surface area contributed by atoms with E-state index in [0.717, 1.165) is 0 Å². The number of aliphatic hydroxyl groups excluding tert-OH is 2. The van der Waals surface area contributed by atoms with Crippen LogP contribution in [0.2, 0.25) is 0 Å². The SMILES string of the molecule is C[C@@H]1O[C@@H](OC(=N)C(Cl)(Cl)Cl)[C@H](OC(=O)C(C)(C)C)[C@H](O)[C@H]1O. The molecule has 0 amide bonds. The Balaban J connectivity index is 2.98. The number of hydrogen-bond acceptors (Lipinski definition) is 7. The first kappa shape index (κ1) is 20.7. The standard InChI is InChI=1S/C13H20Cl3NO6/c1-5-6(18)7(19)8(22-11(20)12(2,3)4)9(21-5)23-10(17)13(14,15)16/h5-9,17-19H,1-4H3/t5-,6-,7+,8+,9-/m0/s1. The minimum atomic E-state index is -2.15. The molecule has 0 radical (unpaired) electrons. The summed E-state index contributed by atoms with van der Waals surface area (Å²) in [7, 11) is 0. The lowest BCUT2D eigenvalue weighted by Gasteiger charge is -2.41. The van der Waals surface area contributed by atoms with Gasteiger partial charge in [0.1, 0.15) is 12.2 Å². The zero-order chi connectivity index (χ0) is 18.2. The number of rotatable bonds is 2. The van der Waals surface area contributed by atoms with E-state index in [-0.39, 0.29) is 0 Å². The van der Waals surface area contributed by atoms with Gasteiger partial charge in [0.15, 0.2) is 6.10 Å². The molecule has 0 saturated carbocycles. The predicted octanol–water partition coefficient (Wildman–Crippen LogP) is 1.77. The van der Waals surface area contributed by atoms with E-state index < -0.39 is 51.8 Å². The number of ether oxygens (including phenoxy) is 3. The fourth-order valence-electron chi connectivity index (χ4n) is 1.71. The Labute approximate surface area is 149 Å². The van der Waals surface area contributed by atoms with E-state index >= 15 is 0 Å². The summed E-state index contributed by atoms with van der Waals surface area (Å²) in [5, 5.41) is 27.6. The predicted molar refractivity (Wildman–Crippen MR) is 84.8 cm³/mol. The van der Waals surface area contributed by atoms with E-state index in [4.69, 9.17) is 54.4 Å². The van der Waals surface area contributed by atoms with Gasteiger partial charge in [0, 0.05) is 0 Å². The zero-order valence-corrected chi connectivity index (χ0v) is 15.3. The van der Waals surface area contributed by atoms with Crippen molar-refractivity contribution in [2.45, 2.75) is 62.2 Å². The summed E-state index contributed by atoms with van der Waals surface area (Å²) in [5.74, 6) is -1.42. The van der Waals surface area contributed by atoms with Crippen LogP contribution in [-0.4, -0.2) is 56.6 Å². The van der Waals surface area contributed by atoms with Crippen molar-refractivity contribution in [3.8, 4) is 0 Å². The van der Waals surface area contributed by atoms with E-state index in [2.05, 4.69) is 0 Å². The molecular formula is C13H20Cl3NO6. The molecule has 1 rings (SSSR count). The van der Waals surface area contributed by atoms with Crippen LogP contribution in [0, 0.1) is 10.8 Å². The Morgan fingerprint density at radius 1 is 1.13 bits per heavy atom. The Kier molecular flexibility index (Phi) is 6.57. The summed E-state index contributed by atoms with van der Waals surface area (Å²) in [6.45, 7) is 6.32. The van der Waals surface area contributed by atoms with Crippen molar-refractivity contribution in [2.24, 2.45) is 5.41 Å². The topological polar surface area (TPSA) is 109 Å². The molecule has 0 aliphatic carbocycles. The molecule has 134 valence electrons. The van der Waals surface area contributed by atoms with Crippen molar-refractivity contribution >= 4 is 46.7 Å². The molecule has 1 saturated heterocycles. The van der Waals surface area contributed by atoms with Crippen LogP contribution < -0.4 is 0 Å². The maximum Gasteiger partial charge on any atom is 0.311 e. The highest BCUT2D eigenvalue weighted by atomic mass is 35.6. The number of nitrogens with one attached hydrogen (secondary N) is 1. The Hall–Kier alpha value is -0.310. The van der Waals surface area contributed by atoms with E-state index in [1.807, 2.05) is 0 Å². The molecule has 10 heteroatoms. The summed E-state index contributed by atoms with van der Waals surface area (Å²) < 4.78 is 13.5. The number of alkyl halides is 3. The summed E-state index contributed by atoms with van der Waals surface area (Å²) in [6, 6.07) is 0. The van der Waals surface area contributed by atoms with Crippen LogP contribution >= 0.6 is 34.8 Å². The molecule has 3 N–H and O–H groups in total. The number of carbonyl (C=O) groups excluding carboxylic acids is 1. The quantitative estimate of drug-likeness (QED) is 0.286. The summed E-state index contributed by atoms with van der Waals surface area (Å²) in [6.07, 6.45) is -6.44. The number of aliphatic hydroxyl groups is 2.